The van der Waals surface area contributed by atoms with Crippen molar-refractivity contribution in [2.24, 2.45) is 0 Å². The first-order valence-electron chi connectivity index (χ1n) is 10.1. The van der Waals surface area contributed by atoms with Crippen LogP contribution in [0.3, 0.4) is 0 Å². The van der Waals surface area contributed by atoms with Gasteiger partial charge in [-0.05, 0) is 30.2 Å². The molecule has 3 heterocycles. The zero-order valence-corrected chi connectivity index (χ0v) is 16.1. The number of nitrogens with one attached hydrogen (secondary N) is 3. The molecule has 0 saturated carbocycles. The van der Waals surface area contributed by atoms with E-state index in [9.17, 15) is 4.39 Å². The Morgan fingerprint density at radius 3 is 2.71 bits per heavy atom. The highest BCUT2D eigenvalue weighted by Crippen LogP contribution is 2.38. The SMILES string of the molecule is CC(C1NCC(c2[nH]nc3cc(F)ccc23)c2ccccc21)N1CCNCC1. The van der Waals surface area contributed by atoms with Crippen molar-refractivity contribution < 1.29 is 4.39 Å². The van der Waals surface area contributed by atoms with Crippen molar-refractivity contribution >= 4 is 10.9 Å². The molecule has 6 heteroatoms. The maximum atomic E-state index is 13.6. The lowest BCUT2D eigenvalue weighted by atomic mass is 9.81. The highest BCUT2D eigenvalue weighted by molar-refractivity contribution is 5.82. The molecule has 2 aliphatic rings. The van der Waals surface area contributed by atoms with Crippen molar-refractivity contribution in [3.05, 3.63) is 65.1 Å². The molecule has 2 aromatic carbocycles. The third kappa shape index (κ3) is 3.02. The summed E-state index contributed by atoms with van der Waals surface area (Å²) in [5.74, 6) is -0.0734. The molecule has 0 radical (unpaired) electrons. The van der Waals surface area contributed by atoms with Gasteiger partial charge in [0.2, 0.25) is 0 Å². The summed E-state index contributed by atoms with van der Waals surface area (Å²) < 4.78 is 13.6. The summed E-state index contributed by atoms with van der Waals surface area (Å²) in [5, 5.41) is 15.8. The molecule has 3 unspecified atom stereocenters. The lowest BCUT2D eigenvalue weighted by Gasteiger charge is -2.41. The van der Waals surface area contributed by atoms with Crippen LogP contribution in [-0.4, -0.2) is 53.9 Å². The van der Waals surface area contributed by atoms with Gasteiger partial charge in [0, 0.05) is 62.2 Å². The fourth-order valence-electron chi connectivity index (χ4n) is 4.84. The number of nitrogens with zero attached hydrogens (tertiary/aromatic N) is 2. The van der Waals surface area contributed by atoms with Crippen molar-refractivity contribution in [2.45, 2.75) is 24.9 Å². The van der Waals surface area contributed by atoms with E-state index in [1.54, 1.807) is 0 Å². The quantitative estimate of drug-likeness (QED) is 0.655. The summed E-state index contributed by atoms with van der Waals surface area (Å²) in [7, 11) is 0. The normalized spacial score (nSPS) is 24.2. The molecule has 28 heavy (non-hydrogen) atoms. The second-order valence-corrected chi connectivity index (χ2v) is 7.89. The Kier molecular flexibility index (Phi) is 4.62. The number of aromatic nitrogens is 2. The Labute approximate surface area is 164 Å². The summed E-state index contributed by atoms with van der Waals surface area (Å²) >= 11 is 0. The number of H-pyrrole nitrogens is 1. The minimum atomic E-state index is -0.252. The van der Waals surface area contributed by atoms with Crippen LogP contribution in [0.1, 0.15) is 35.7 Å². The molecule has 0 bridgehead atoms. The summed E-state index contributed by atoms with van der Waals surface area (Å²) in [5.41, 5.74) is 4.43. The Morgan fingerprint density at radius 2 is 1.89 bits per heavy atom. The van der Waals surface area contributed by atoms with Gasteiger partial charge in [-0.1, -0.05) is 24.3 Å². The van der Waals surface area contributed by atoms with Gasteiger partial charge < -0.3 is 10.6 Å². The van der Waals surface area contributed by atoms with Crippen LogP contribution in [0.4, 0.5) is 4.39 Å². The van der Waals surface area contributed by atoms with Crippen molar-refractivity contribution in [1.82, 2.24) is 25.7 Å². The number of rotatable bonds is 3. The average Bonchev–Trinajstić information content (AvgIpc) is 3.16. The smallest absolute Gasteiger partial charge is 0.125 e. The second-order valence-electron chi connectivity index (χ2n) is 7.89. The molecular weight excluding hydrogens is 353 g/mol. The molecule has 0 aliphatic carbocycles. The topological polar surface area (TPSA) is 56.0 Å². The number of benzene rings is 2. The number of aromatic amines is 1. The van der Waals surface area contributed by atoms with Crippen LogP contribution in [0.25, 0.3) is 10.9 Å². The standard InChI is InChI=1S/C22H26FN5/c1-14(28-10-8-24-9-11-28)21-17-5-3-2-4-16(17)19(13-25-21)22-18-7-6-15(23)12-20(18)26-27-22/h2-7,12,14,19,21,24-25H,8-11,13H2,1H3,(H,26,27). The molecular formula is C22H26FN5. The zero-order chi connectivity index (χ0) is 19.1. The van der Waals surface area contributed by atoms with Crippen molar-refractivity contribution in [3.8, 4) is 0 Å². The Bertz CT molecular complexity index is 978. The van der Waals surface area contributed by atoms with Crippen LogP contribution >= 0.6 is 0 Å². The van der Waals surface area contributed by atoms with Gasteiger partial charge >= 0.3 is 0 Å². The van der Waals surface area contributed by atoms with Crippen molar-refractivity contribution in [3.63, 3.8) is 0 Å². The van der Waals surface area contributed by atoms with E-state index in [-0.39, 0.29) is 11.7 Å². The molecule has 2 aliphatic heterocycles. The van der Waals surface area contributed by atoms with Gasteiger partial charge in [0.05, 0.1) is 11.2 Å². The van der Waals surface area contributed by atoms with E-state index in [4.69, 9.17) is 0 Å². The first-order valence-corrected chi connectivity index (χ1v) is 10.1. The summed E-state index contributed by atoms with van der Waals surface area (Å²) in [6.07, 6.45) is 0. The number of piperazine rings is 1. The zero-order valence-electron chi connectivity index (χ0n) is 16.1. The first-order chi connectivity index (χ1) is 13.7. The molecule has 1 aromatic heterocycles. The summed E-state index contributed by atoms with van der Waals surface area (Å²) in [6.45, 7) is 7.45. The molecule has 0 spiro atoms. The van der Waals surface area contributed by atoms with Gasteiger partial charge in [0.1, 0.15) is 5.82 Å². The van der Waals surface area contributed by atoms with Crippen LogP contribution in [-0.2, 0) is 0 Å². The number of hydrogen-bond donors (Lipinski definition) is 3. The van der Waals surface area contributed by atoms with E-state index >= 15 is 0 Å². The fourth-order valence-corrected chi connectivity index (χ4v) is 4.84. The minimum Gasteiger partial charge on any atom is -0.314 e. The maximum absolute atomic E-state index is 13.6. The minimum absolute atomic E-state index is 0.179. The van der Waals surface area contributed by atoms with E-state index in [0.717, 1.165) is 43.8 Å². The van der Waals surface area contributed by atoms with Gasteiger partial charge in [0.25, 0.3) is 0 Å². The molecule has 5 nitrogen and oxygen atoms in total. The maximum Gasteiger partial charge on any atom is 0.125 e. The highest BCUT2D eigenvalue weighted by atomic mass is 19.1. The monoisotopic (exact) mass is 379 g/mol. The van der Waals surface area contributed by atoms with Gasteiger partial charge in [-0.2, -0.15) is 5.10 Å². The number of halogens is 1. The molecule has 146 valence electrons. The predicted molar refractivity (Wildman–Crippen MR) is 109 cm³/mol. The molecule has 1 saturated heterocycles. The van der Waals surface area contributed by atoms with E-state index in [2.05, 4.69) is 56.9 Å². The van der Waals surface area contributed by atoms with E-state index in [1.165, 1.54) is 23.3 Å². The third-order valence-corrected chi connectivity index (χ3v) is 6.35. The Hall–Kier alpha value is -2.28. The average molecular weight is 379 g/mol. The highest BCUT2D eigenvalue weighted by Gasteiger charge is 2.34. The Morgan fingerprint density at radius 1 is 1.11 bits per heavy atom. The molecule has 5 rings (SSSR count). The van der Waals surface area contributed by atoms with Gasteiger partial charge in [-0.15, -0.1) is 0 Å². The fraction of sp³-hybridized carbons (Fsp3) is 0.409. The second kappa shape index (κ2) is 7.28. The molecule has 3 atom stereocenters. The lowest BCUT2D eigenvalue weighted by molar-refractivity contribution is 0.146. The van der Waals surface area contributed by atoms with Crippen LogP contribution in [0.15, 0.2) is 42.5 Å². The van der Waals surface area contributed by atoms with Crippen LogP contribution in [0.2, 0.25) is 0 Å². The van der Waals surface area contributed by atoms with Crippen LogP contribution in [0, 0.1) is 5.82 Å². The van der Waals surface area contributed by atoms with Crippen molar-refractivity contribution in [1.29, 1.82) is 0 Å². The number of fused-ring (bicyclic) bond motifs is 2. The molecule has 0 amide bonds. The van der Waals surface area contributed by atoms with E-state index < -0.39 is 0 Å². The van der Waals surface area contributed by atoms with Gasteiger partial charge in [-0.3, -0.25) is 10.00 Å². The van der Waals surface area contributed by atoms with Crippen LogP contribution < -0.4 is 10.6 Å². The van der Waals surface area contributed by atoms with Crippen LogP contribution in [0.5, 0.6) is 0 Å². The van der Waals surface area contributed by atoms with Crippen molar-refractivity contribution in [2.75, 3.05) is 32.7 Å². The molecule has 3 aromatic rings. The lowest BCUT2D eigenvalue weighted by Crippen LogP contribution is -2.52. The van der Waals surface area contributed by atoms with Gasteiger partial charge in [-0.25, -0.2) is 4.39 Å². The Balaban J connectivity index is 1.51. The molecule has 3 N–H and O–H groups in total. The largest absolute Gasteiger partial charge is 0.314 e. The first kappa shape index (κ1) is 17.8. The third-order valence-electron chi connectivity index (χ3n) is 6.35. The van der Waals surface area contributed by atoms with Gasteiger partial charge in [0.15, 0.2) is 0 Å². The predicted octanol–water partition coefficient (Wildman–Crippen LogP) is 2.77. The molecule has 1 fully saturated rings. The summed E-state index contributed by atoms with van der Waals surface area (Å²) in [6, 6.07) is 14.3. The van der Waals surface area contributed by atoms with E-state index in [0.29, 0.717) is 17.6 Å². The summed E-state index contributed by atoms with van der Waals surface area (Å²) in [4.78, 5) is 2.57. The van der Waals surface area contributed by atoms with E-state index in [1.807, 2.05) is 6.07 Å². The number of hydrogen-bond acceptors (Lipinski definition) is 4.